The van der Waals surface area contributed by atoms with Crippen molar-refractivity contribution in [2.75, 3.05) is 6.54 Å². The van der Waals surface area contributed by atoms with Crippen molar-refractivity contribution in [3.8, 4) is 0 Å². The van der Waals surface area contributed by atoms with Crippen molar-refractivity contribution in [2.45, 2.75) is 97.8 Å². The highest BCUT2D eigenvalue weighted by molar-refractivity contribution is 6.12. The Labute approximate surface area is 249 Å². The minimum absolute atomic E-state index is 0.109. The molecule has 0 spiro atoms. The number of benzene rings is 1. The third-order valence-electron chi connectivity index (χ3n) is 8.13. The zero-order valence-electron chi connectivity index (χ0n) is 26.4. The Kier molecular flexibility index (Phi) is 8.42. The van der Waals surface area contributed by atoms with E-state index in [1.807, 2.05) is 32.9 Å². The largest absolute Gasteiger partial charge is 0.458 e. The molecule has 2 aliphatic heterocycles. The van der Waals surface area contributed by atoms with Crippen molar-refractivity contribution in [3.05, 3.63) is 65.5 Å². The first-order valence-electron chi connectivity index (χ1n) is 15.0. The summed E-state index contributed by atoms with van der Waals surface area (Å²) in [5, 5.41) is 0. The van der Waals surface area contributed by atoms with Crippen LogP contribution in [-0.4, -0.2) is 56.2 Å². The normalized spacial score (nSPS) is 24.4. The molecule has 3 heterocycles. The molecule has 2 saturated heterocycles. The van der Waals surface area contributed by atoms with E-state index in [4.69, 9.17) is 4.74 Å². The van der Waals surface area contributed by atoms with Gasteiger partial charge in [0.15, 0.2) is 5.54 Å². The first-order chi connectivity index (χ1) is 19.5. The Hall–Kier alpha value is -3.55. The number of hydrogen-bond donors (Lipinski definition) is 0. The van der Waals surface area contributed by atoms with Crippen LogP contribution in [0.1, 0.15) is 103 Å². The lowest BCUT2D eigenvalue weighted by molar-refractivity contribution is -0.173. The number of aromatic nitrogens is 1. The van der Waals surface area contributed by atoms with E-state index in [-0.39, 0.29) is 30.2 Å². The number of amides is 3. The van der Waals surface area contributed by atoms with Crippen LogP contribution in [0.2, 0.25) is 0 Å². The van der Waals surface area contributed by atoms with Gasteiger partial charge >= 0.3 is 5.97 Å². The molecule has 2 aliphatic rings. The van der Waals surface area contributed by atoms with Gasteiger partial charge in [-0.25, -0.2) is 4.79 Å². The molecule has 0 aliphatic carbocycles. The standard InChI is InChI=1S/C34H45N3O5/c1-10-19-36-29(39)25-26(30(36)40)34(20-21(2)3,31(41)42-33(7,8)9)37(27(25)24-13-11-12-18-35-24)28(38)22-14-16-23(17-15-22)32(4,5)6/h11-18,21,25-27H,10,19-20H2,1-9H3/t25-,26?,27-,34-/m0/s1. The van der Waals surface area contributed by atoms with E-state index in [0.717, 1.165) is 5.56 Å². The van der Waals surface area contributed by atoms with Crippen molar-refractivity contribution in [1.82, 2.24) is 14.8 Å². The fourth-order valence-electron chi connectivity index (χ4n) is 6.52. The SMILES string of the molecule is CCCN1C(=O)C2[C@H](C1=O)[C@H](c1ccccn1)N(C(=O)c1ccc(C(C)(C)C)cc1)[C@]2(CC(C)C)C(=O)OC(C)(C)C. The summed E-state index contributed by atoms with van der Waals surface area (Å²) in [7, 11) is 0. The van der Waals surface area contributed by atoms with Gasteiger partial charge < -0.3 is 9.64 Å². The Morgan fingerprint density at radius 3 is 2.12 bits per heavy atom. The van der Waals surface area contributed by atoms with E-state index in [0.29, 0.717) is 17.7 Å². The van der Waals surface area contributed by atoms with Crippen LogP contribution >= 0.6 is 0 Å². The average molecular weight is 576 g/mol. The first kappa shape index (κ1) is 31.4. The van der Waals surface area contributed by atoms with Gasteiger partial charge in [0.1, 0.15) is 5.60 Å². The average Bonchev–Trinajstić information content (AvgIpc) is 3.33. The zero-order valence-corrected chi connectivity index (χ0v) is 26.4. The maximum atomic E-state index is 14.8. The quantitative estimate of drug-likeness (QED) is 0.310. The molecule has 0 radical (unpaired) electrons. The molecule has 0 N–H and O–H groups in total. The van der Waals surface area contributed by atoms with Crippen LogP contribution in [0.25, 0.3) is 0 Å². The predicted molar refractivity (Wildman–Crippen MR) is 160 cm³/mol. The first-order valence-corrected chi connectivity index (χ1v) is 15.0. The number of nitrogens with zero attached hydrogens (tertiary/aromatic N) is 3. The second kappa shape index (κ2) is 11.3. The molecule has 1 unspecified atom stereocenters. The molecule has 1 aromatic heterocycles. The fraction of sp³-hybridized carbons (Fsp3) is 0.559. The van der Waals surface area contributed by atoms with Crippen molar-refractivity contribution in [1.29, 1.82) is 0 Å². The van der Waals surface area contributed by atoms with Crippen molar-refractivity contribution < 1.29 is 23.9 Å². The van der Waals surface area contributed by atoms with Gasteiger partial charge in [-0.3, -0.25) is 24.3 Å². The van der Waals surface area contributed by atoms with Crippen LogP contribution in [-0.2, 0) is 24.5 Å². The van der Waals surface area contributed by atoms with Crippen molar-refractivity contribution >= 4 is 23.7 Å². The summed E-state index contributed by atoms with van der Waals surface area (Å²) < 4.78 is 6.04. The number of fused-ring (bicyclic) bond motifs is 1. The van der Waals surface area contributed by atoms with Gasteiger partial charge in [0.2, 0.25) is 11.8 Å². The van der Waals surface area contributed by atoms with Gasteiger partial charge in [0.05, 0.1) is 23.6 Å². The van der Waals surface area contributed by atoms with Crippen molar-refractivity contribution in [3.63, 3.8) is 0 Å². The van der Waals surface area contributed by atoms with Gasteiger partial charge in [0, 0.05) is 18.3 Å². The van der Waals surface area contributed by atoms with Gasteiger partial charge in [-0.2, -0.15) is 0 Å². The van der Waals surface area contributed by atoms with E-state index in [1.165, 1.54) is 9.80 Å². The van der Waals surface area contributed by atoms with Gasteiger partial charge in [-0.05, 0) is 74.8 Å². The molecule has 42 heavy (non-hydrogen) atoms. The number of likely N-dealkylation sites (tertiary alicyclic amines) is 2. The van der Waals surface area contributed by atoms with Gasteiger partial charge in [-0.15, -0.1) is 0 Å². The number of hydrogen-bond acceptors (Lipinski definition) is 6. The second-order valence-corrected chi connectivity index (χ2v) is 14.1. The minimum atomic E-state index is -1.72. The maximum absolute atomic E-state index is 14.8. The van der Waals surface area contributed by atoms with Gasteiger partial charge in [-0.1, -0.05) is 59.7 Å². The molecule has 8 heteroatoms. The van der Waals surface area contributed by atoms with Crippen LogP contribution in [0.4, 0.5) is 0 Å². The molecule has 1 aromatic carbocycles. The van der Waals surface area contributed by atoms with Gasteiger partial charge in [0.25, 0.3) is 5.91 Å². The second-order valence-electron chi connectivity index (χ2n) is 14.1. The molecule has 3 amide bonds. The summed E-state index contributed by atoms with van der Waals surface area (Å²) in [4.78, 5) is 65.0. The lowest BCUT2D eigenvalue weighted by atomic mass is 9.74. The van der Waals surface area contributed by atoms with Crippen LogP contribution < -0.4 is 0 Å². The summed E-state index contributed by atoms with van der Waals surface area (Å²) >= 11 is 0. The number of carbonyl (C=O) groups is 4. The molecule has 2 fully saturated rings. The summed E-state index contributed by atoms with van der Waals surface area (Å²) in [6.07, 6.45) is 2.33. The Bertz CT molecular complexity index is 1340. The Morgan fingerprint density at radius 2 is 1.62 bits per heavy atom. The molecular weight excluding hydrogens is 530 g/mol. The Balaban J connectivity index is 2.02. The third kappa shape index (κ3) is 5.48. The van der Waals surface area contributed by atoms with Crippen LogP contribution in [0.15, 0.2) is 48.7 Å². The van der Waals surface area contributed by atoms with E-state index in [9.17, 15) is 19.2 Å². The monoisotopic (exact) mass is 575 g/mol. The molecule has 8 nitrogen and oxygen atoms in total. The maximum Gasteiger partial charge on any atom is 0.333 e. The molecule has 226 valence electrons. The smallest absolute Gasteiger partial charge is 0.333 e. The number of pyridine rings is 1. The van der Waals surface area contributed by atoms with Crippen LogP contribution in [0, 0.1) is 17.8 Å². The number of carbonyl (C=O) groups excluding carboxylic acids is 4. The summed E-state index contributed by atoms with van der Waals surface area (Å²) in [6.45, 7) is 17.6. The molecule has 0 saturated carbocycles. The number of imide groups is 1. The van der Waals surface area contributed by atoms with Crippen molar-refractivity contribution in [2.24, 2.45) is 17.8 Å². The molecular formula is C34H45N3O5. The summed E-state index contributed by atoms with van der Waals surface area (Å²) in [5.74, 6) is -4.09. The number of esters is 1. The highest BCUT2D eigenvalue weighted by atomic mass is 16.6. The highest BCUT2D eigenvalue weighted by Crippen LogP contribution is 2.58. The predicted octanol–water partition coefficient (Wildman–Crippen LogP) is 5.71. The molecule has 4 rings (SSSR count). The molecule has 4 atom stereocenters. The summed E-state index contributed by atoms with van der Waals surface area (Å²) in [5.41, 5.74) is -0.852. The fourth-order valence-corrected chi connectivity index (χ4v) is 6.52. The molecule has 0 bridgehead atoms. The number of ether oxygens (including phenoxy) is 1. The Morgan fingerprint density at radius 1 is 0.976 bits per heavy atom. The number of rotatable bonds is 7. The van der Waals surface area contributed by atoms with E-state index in [2.05, 4.69) is 25.8 Å². The van der Waals surface area contributed by atoms with Crippen LogP contribution in [0.5, 0.6) is 0 Å². The lowest BCUT2D eigenvalue weighted by Crippen LogP contribution is -2.61. The third-order valence-corrected chi connectivity index (χ3v) is 8.13. The van der Waals surface area contributed by atoms with E-state index < -0.39 is 46.8 Å². The minimum Gasteiger partial charge on any atom is -0.458 e. The van der Waals surface area contributed by atoms with E-state index >= 15 is 0 Å². The topological polar surface area (TPSA) is 96.9 Å². The lowest BCUT2D eigenvalue weighted by Gasteiger charge is -2.43. The zero-order chi connectivity index (χ0) is 31.2. The molecule has 2 aromatic rings. The van der Waals surface area contributed by atoms with E-state index in [1.54, 1.807) is 57.3 Å². The summed E-state index contributed by atoms with van der Waals surface area (Å²) in [6, 6.07) is 11.7. The van der Waals surface area contributed by atoms with Crippen LogP contribution in [0.3, 0.4) is 0 Å². The highest BCUT2D eigenvalue weighted by Gasteiger charge is 2.74.